The van der Waals surface area contributed by atoms with Gasteiger partial charge in [-0.2, -0.15) is 0 Å². The van der Waals surface area contributed by atoms with E-state index in [1.807, 2.05) is 24.3 Å². The third-order valence-corrected chi connectivity index (χ3v) is 2.89. The monoisotopic (exact) mass is 226 g/mol. The molecule has 1 aromatic carbocycles. The van der Waals surface area contributed by atoms with Crippen molar-refractivity contribution in [3.05, 3.63) is 36.2 Å². The molecule has 80 valence electrons. The molecule has 2 aromatic rings. The van der Waals surface area contributed by atoms with E-state index in [1.165, 1.54) is 0 Å². The van der Waals surface area contributed by atoms with E-state index in [2.05, 4.69) is 41.1 Å². The van der Waals surface area contributed by atoms with Gasteiger partial charge in [-0.3, -0.25) is 4.98 Å². The van der Waals surface area contributed by atoms with Gasteiger partial charge >= 0.3 is 0 Å². The first kappa shape index (κ1) is 10.8. The number of para-hydroxylation sites is 2. The summed E-state index contributed by atoms with van der Waals surface area (Å²) < 4.78 is 0. The highest BCUT2D eigenvalue weighted by atomic mass is 28.3. The lowest BCUT2D eigenvalue weighted by Gasteiger charge is -2.03. The Bertz CT molecular complexity index is 573. The largest absolute Gasteiger partial charge is 0.252 e. The van der Waals surface area contributed by atoms with Crippen LogP contribution in [0.5, 0.6) is 0 Å². The number of hydrogen-bond acceptors (Lipinski definition) is 2. The Morgan fingerprint density at radius 1 is 1.06 bits per heavy atom. The zero-order valence-electron chi connectivity index (χ0n) is 9.78. The fourth-order valence-electron chi connectivity index (χ4n) is 1.27. The van der Waals surface area contributed by atoms with Gasteiger partial charge in [-0.25, -0.2) is 4.98 Å². The van der Waals surface area contributed by atoms with E-state index in [9.17, 15) is 0 Å². The van der Waals surface area contributed by atoms with Crippen molar-refractivity contribution < 1.29 is 0 Å². The van der Waals surface area contributed by atoms with E-state index in [0.29, 0.717) is 0 Å². The van der Waals surface area contributed by atoms with Gasteiger partial charge < -0.3 is 0 Å². The molecule has 1 aromatic heterocycles. The Hall–Kier alpha value is -1.66. The van der Waals surface area contributed by atoms with Gasteiger partial charge in [0.05, 0.1) is 17.2 Å². The SMILES string of the molecule is C[Si](C)(C)C#Cc1cnc2ccccc2n1. The molecule has 0 saturated heterocycles. The number of benzene rings is 1. The highest BCUT2D eigenvalue weighted by Crippen LogP contribution is 2.08. The fraction of sp³-hybridized carbons (Fsp3) is 0.231. The summed E-state index contributed by atoms with van der Waals surface area (Å²) in [5, 5.41) is 0. The first-order valence-corrected chi connectivity index (χ1v) is 8.80. The minimum absolute atomic E-state index is 0.765. The maximum Gasteiger partial charge on any atom is 0.131 e. The quantitative estimate of drug-likeness (QED) is 0.510. The molecule has 0 saturated carbocycles. The molecule has 0 radical (unpaired) electrons. The van der Waals surface area contributed by atoms with Gasteiger partial charge in [-0.15, -0.1) is 5.54 Å². The van der Waals surface area contributed by atoms with Crippen molar-refractivity contribution in [2.45, 2.75) is 19.6 Å². The summed E-state index contributed by atoms with van der Waals surface area (Å²) in [7, 11) is -1.34. The molecule has 0 bridgehead atoms. The van der Waals surface area contributed by atoms with Gasteiger partial charge in [0.1, 0.15) is 13.8 Å². The lowest BCUT2D eigenvalue weighted by atomic mass is 10.3. The zero-order valence-corrected chi connectivity index (χ0v) is 10.8. The Morgan fingerprint density at radius 2 is 1.75 bits per heavy atom. The maximum atomic E-state index is 4.46. The summed E-state index contributed by atoms with van der Waals surface area (Å²) in [5.74, 6) is 3.11. The minimum Gasteiger partial charge on any atom is -0.252 e. The van der Waals surface area contributed by atoms with Crippen molar-refractivity contribution >= 4 is 19.1 Å². The summed E-state index contributed by atoms with van der Waals surface area (Å²) >= 11 is 0. The lowest BCUT2D eigenvalue weighted by molar-refractivity contribution is 1.26. The molecule has 0 unspecified atom stereocenters. The summed E-state index contributed by atoms with van der Waals surface area (Å²) in [4.78, 5) is 8.80. The Morgan fingerprint density at radius 3 is 2.44 bits per heavy atom. The number of nitrogens with zero attached hydrogens (tertiary/aromatic N) is 2. The average Bonchev–Trinajstić information content (AvgIpc) is 2.25. The molecule has 16 heavy (non-hydrogen) atoms. The smallest absolute Gasteiger partial charge is 0.131 e. The topological polar surface area (TPSA) is 25.8 Å². The van der Waals surface area contributed by atoms with Crippen LogP contribution >= 0.6 is 0 Å². The van der Waals surface area contributed by atoms with E-state index in [0.717, 1.165) is 16.7 Å². The second-order valence-electron chi connectivity index (χ2n) is 4.74. The van der Waals surface area contributed by atoms with E-state index in [4.69, 9.17) is 0 Å². The molecule has 3 heteroatoms. The molecule has 2 rings (SSSR count). The van der Waals surface area contributed by atoms with Crippen LogP contribution in [0.15, 0.2) is 30.5 Å². The molecule has 1 heterocycles. The molecule has 0 aliphatic rings. The summed E-state index contributed by atoms with van der Waals surface area (Å²) in [6.45, 7) is 6.65. The van der Waals surface area contributed by atoms with Gasteiger partial charge in [0, 0.05) is 0 Å². The molecule has 0 aliphatic heterocycles. The molecule has 0 spiro atoms. The molecule has 0 amide bonds. The van der Waals surface area contributed by atoms with E-state index in [-0.39, 0.29) is 0 Å². The number of fused-ring (bicyclic) bond motifs is 1. The third kappa shape index (κ3) is 2.68. The van der Waals surface area contributed by atoms with Crippen LogP contribution in [0.4, 0.5) is 0 Å². The Labute approximate surface area is 96.8 Å². The van der Waals surface area contributed by atoms with Gasteiger partial charge in [-0.05, 0) is 12.1 Å². The number of hydrogen-bond donors (Lipinski definition) is 0. The van der Waals surface area contributed by atoms with Crippen molar-refractivity contribution in [3.8, 4) is 11.5 Å². The summed E-state index contributed by atoms with van der Waals surface area (Å²) in [5.41, 5.74) is 5.88. The first-order valence-electron chi connectivity index (χ1n) is 5.30. The average molecular weight is 226 g/mol. The highest BCUT2D eigenvalue weighted by molar-refractivity contribution is 6.83. The van der Waals surface area contributed by atoms with Gasteiger partial charge in [0.2, 0.25) is 0 Å². The lowest BCUT2D eigenvalue weighted by Crippen LogP contribution is -2.16. The molecule has 0 atom stereocenters. The molecule has 0 fully saturated rings. The predicted molar refractivity (Wildman–Crippen MR) is 69.8 cm³/mol. The first-order chi connectivity index (χ1) is 7.54. The van der Waals surface area contributed by atoms with E-state index >= 15 is 0 Å². The van der Waals surface area contributed by atoms with E-state index < -0.39 is 8.07 Å². The van der Waals surface area contributed by atoms with Crippen LogP contribution in [0.25, 0.3) is 11.0 Å². The van der Waals surface area contributed by atoms with Crippen molar-refractivity contribution in [2.24, 2.45) is 0 Å². The van der Waals surface area contributed by atoms with Crippen LogP contribution in [0.1, 0.15) is 5.69 Å². The van der Waals surface area contributed by atoms with Crippen molar-refractivity contribution in [3.63, 3.8) is 0 Å². The minimum atomic E-state index is -1.34. The second-order valence-corrected chi connectivity index (χ2v) is 9.49. The Balaban J connectivity index is 2.43. The third-order valence-electron chi connectivity index (χ3n) is 2.01. The van der Waals surface area contributed by atoms with E-state index in [1.54, 1.807) is 6.20 Å². The van der Waals surface area contributed by atoms with Crippen LogP contribution in [0, 0.1) is 11.5 Å². The Kier molecular flexibility index (Phi) is 2.76. The van der Waals surface area contributed by atoms with Gasteiger partial charge in [-0.1, -0.05) is 37.7 Å². The van der Waals surface area contributed by atoms with Crippen LogP contribution in [0.2, 0.25) is 19.6 Å². The molecule has 0 N–H and O–H groups in total. The van der Waals surface area contributed by atoms with Crippen LogP contribution in [-0.4, -0.2) is 18.0 Å². The summed E-state index contributed by atoms with van der Waals surface area (Å²) in [6, 6.07) is 7.84. The normalized spacial score (nSPS) is 10.9. The van der Waals surface area contributed by atoms with Crippen LogP contribution in [-0.2, 0) is 0 Å². The molecule has 0 aliphatic carbocycles. The summed E-state index contributed by atoms with van der Waals surface area (Å²) in [6.07, 6.45) is 1.75. The molecule has 2 nitrogen and oxygen atoms in total. The van der Waals surface area contributed by atoms with Gasteiger partial charge in [0.25, 0.3) is 0 Å². The second kappa shape index (κ2) is 4.07. The zero-order chi connectivity index (χ0) is 11.6. The fourth-order valence-corrected chi connectivity index (χ4v) is 1.77. The number of aromatic nitrogens is 2. The predicted octanol–water partition coefficient (Wildman–Crippen LogP) is 2.86. The van der Waals surface area contributed by atoms with Crippen molar-refractivity contribution in [1.82, 2.24) is 9.97 Å². The number of rotatable bonds is 0. The molecular formula is C13H14N2Si. The van der Waals surface area contributed by atoms with Crippen LogP contribution in [0.3, 0.4) is 0 Å². The van der Waals surface area contributed by atoms with Crippen molar-refractivity contribution in [2.75, 3.05) is 0 Å². The van der Waals surface area contributed by atoms with Crippen LogP contribution < -0.4 is 0 Å². The standard InChI is InChI=1S/C13H14N2Si/c1-16(2,3)9-8-11-10-14-12-6-4-5-7-13(12)15-11/h4-7,10H,1-3H3. The maximum absolute atomic E-state index is 4.46. The van der Waals surface area contributed by atoms with Crippen molar-refractivity contribution in [1.29, 1.82) is 0 Å². The highest BCUT2D eigenvalue weighted by Gasteiger charge is 2.07. The van der Waals surface area contributed by atoms with Gasteiger partial charge in [0.15, 0.2) is 0 Å². The molecular weight excluding hydrogens is 212 g/mol.